The van der Waals surface area contributed by atoms with E-state index in [1.165, 1.54) is 0 Å². The van der Waals surface area contributed by atoms with Crippen LogP contribution >= 0.6 is 15.9 Å². The van der Waals surface area contributed by atoms with Gasteiger partial charge in [0.15, 0.2) is 0 Å². The molecule has 5 nitrogen and oxygen atoms in total. The van der Waals surface area contributed by atoms with Crippen LogP contribution in [0.4, 0.5) is 5.69 Å². The summed E-state index contributed by atoms with van der Waals surface area (Å²) in [5.41, 5.74) is 1.46. The highest BCUT2D eigenvalue weighted by atomic mass is 79.9. The predicted molar refractivity (Wildman–Crippen MR) is 72.1 cm³/mol. The minimum Gasteiger partial charge on any atom is -0.383 e. The molecule has 1 aromatic heterocycles. The number of nitriles is 1. The maximum Gasteiger partial charge on any atom is 0.134 e. The molecule has 18 heavy (non-hydrogen) atoms. The minimum absolute atomic E-state index is 0.635. The molecule has 0 saturated carbocycles. The van der Waals surface area contributed by atoms with E-state index >= 15 is 0 Å². The van der Waals surface area contributed by atoms with Gasteiger partial charge in [0, 0.05) is 24.5 Å². The maximum absolute atomic E-state index is 9.00. The summed E-state index contributed by atoms with van der Waals surface area (Å²) in [7, 11) is 1.91. The van der Waals surface area contributed by atoms with Gasteiger partial charge >= 0.3 is 0 Å². The van der Waals surface area contributed by atoms with Crippen molar-refractivity contribution in [2.24, 2.45) is 7.05 Å². The standard InChI is InChI=1S/C12H12BrN5/c1-18-8-16-17-12(18)4-5-15-11-6-10(13)3-2-9(11)7-14/h2-3,6,8,15H,4-5H2,1H3. The monoisotopic (exact) mass is 305 g/mol. The summed E-state index contributed by atoms with van der Waals surface area (Å²) in [4.78, 5) is 0. The number of aromatic nitrogens is 3. The van der Waals surface area contributed by atoms with Crippen LogP contribution in [0.25, 0.3) is 0 Å². The second kappa shape index (κ2) is 5.65. The van der Waals surface area contributed by atoms with Crippen LogP contribution in [0, 0.1) is 11.3 Å². The molecule has 0 radical (unpaired) electrons. The summed E-state index contributed by atoms with van der Waals surface area (Å²) in [5.74, 6) is 0.913. The normalized spacial score (nSPS) is 10.1. The Hall–Kier alpha value is -1.87. The molecule has 0 spiro atoms. The second-order valence-electron chi connectivity index (χ2n) is 3.84. The molecule has 0 bridgehead atoms. The Morgan fingerprint density at radius 3 is 3.00 bits per heavy atom. The Kier molecular flexibility index (Phi) is 3.95. The summed E-state index contributed by atoms with van der Waals surface area (Å²) in [5, 5.41) is 20.1. The topological polar surface area (TPSA) is 66.5 Å². The van der Waals surface area contributed by atoms with Gasteiger partial charge in [0.2, 0.25) is 0 Å². The van der Waals surface area contributed by atoms with Crippen molar-refractivity contribution >= 4 is 21.6 Å². The molecule has 1 N–H and O–H groups in total. The Bertz CT molecular complexity index is 584. The van der Waals surface area contributed by atoms with Crippen LogP contribution in [-0.2, 0) is 13.5 Å². The van der Waals surface area contributed by atoms with Crippen molar-refractivity contribution in [1.29, 1.82) is 5.26 Å². The van der Waals surface area contributed by atoms with Gasteiger partial charge in [-0.3, -0.25) is 0 Å². The van der Waals surface area contributed by atoms with E-state index in [9.17, 15) is 0 Å². The molecule has 0 atom stereocenters. The van der Waals surface area contributed by atoms with E-state index in [1.807, 2.05) is 23.7 Å². The summed E-state index contributed by atoms with van der Waals surface area (Å²) >= 11 is 3.39. The van der Waals surface area contributed by atoms with E-state index in [0.29, 0.717) is 12.1 Å². The first kappa shape index (κ1) is 12.6. The molecule has 2 aromatic rings. The highest BCUT2D eigenvalue weighted by molar-refractivity contribution is 9.10. The van der Waals surface area contributed by atoms with Crippen LogP contribution in [0.3, 0.4) is 0 Å². The number of rotatable bonds is 4. The fraction of sp³-hybridized carbons (Fsp3) is 0.250. The van der Waals surface area contributed by atoms with Crippen molar-refractivity contribution in [3.05, 3.63) is 40.4 Å². The van der Waals surface area contributed by atoms with Crippen LogP contribution in [0.5, 0.6) is 0 Å². The number of nitrogens with one attached hydrogen (secondary N) is 1. The number of nitrogens with zero attached hydrogens (tertiary/aromatic N) is 4. The van der Waals surface area contributed by atoms with Crippen LogP contribution in [0.2, 0.25) is 0 Å². The Balaban J connectivity index is 2.00. The quantitative estimate of drug-likeness (QED) is 0.939. The van der Waals surface area contributed by atoms with Crippen molar-refractivity contribution in [3.63, 3.8) is 0 Å². The van der Waals surface area contributed by atoms with Gasteiger partial charge in [-0.05, 0) is 18.2 Å². The molecule has 0 aliphatic heterocycles. The molecular weight excluding hydrogens is 294 g/mol. The third kappa shape index (κ3) is 2.87. The molecule has 0 fully saturated rings. The summed E-state index contributed by atoms with van der Waals surface area (Å²) in [6.07, 6.45) is 2.43. The van der Waals surface area contributed by atoms with E-state index in [2.05, 4.69) is 37.5 Å². The number of hydrogen-bond donors (Lipinski definition) is 1. The molecule has 0 aliphatic carbocycles. The lowest BCUT2D eigenvalue weighted by Crippen LogP contribution is -2.09. The summed E-state index contributed by atoms with van der Waals surface area (Å²) < 4.78 is 2.83. The third-order valence-corrected chi connectivity index (χ3v) is 3.06. The van der Waals surface area contributed by atoms with E-state index in [0.717, 1.165) is 22.4 Å². The third-order valence-electron chi connectivity index (χ3n) is 2.57. The van der Waals surface area contributed by atoms with Crippen molar-refractivity contribution in [2.75, 3.05) is 11.9 Å². The zero-order chi connectivity index (χ0) is 13.0. The average Bonchev–Trinajstić information content (AvgIpc) is 2.76. The summed E-state index contributed by atoms with van der Waals surface area (Å²) in [6, 6.07) is 7.70. The SMILES string of the molecule is Cn1cnnc1CCNc1cc(Br)ccc1C#N. The molecule has 0 amide bonds. The van der Waals surface area contributed by atoms with Gasteiger partial charge in [0.05, 0.1) is 11.3 Å². The van der Waals surface area contributed by atoms with Crippen LogP contribution in [-0.4, -0.2) is 21.3 Å². The van der Waals surface area contributed by atoms with Crippen molar-refractivity contribution in [3.8, 4) is 6.07 Å². The lowest BCUT2D eigenvalue weighted by Gasteiger charge is -2.08. The molecule has 0 unspecified atom stereocenters. The fourth-order valence-electron chi connectivity index (χ4n) is 1.60. The Labute approximate surface area is 114 Å². The van der Waals surface area contributed by atoms with E-state index < -0.39 is 0 Å². The van der Waals surface area contributed by atoms with E-state index in [-0.39, 0.29) is 0 Å². The molecule has 1 aromatic carbocycles. The Morgan fingerprint density at radius 1 is 1.50 bits per heavy atom. The molecular formula is C12H12BrN5. The van der Waals surface area contributed by atoms with Gasteiger partial charge in [-0.15, -0.1) is 10.2 Å². The first-order valence-electron chi connectivity index (χ1n) is 5.47. The van der Waals surface area contributed by atoms with Crippen LogP contribution in [0.1, 0.15) is 11.4 Å². The number of aryl methyl sites for hydroxylation is 1. The van der Waals surface area contributed by atoms with Gasteiger partial charge < -0.3 is 9.88 Å². The summed E-state index contributed by atoms with van der Waals surface area (Å²) in [6.45, 7) is 0.706. The smallest absolute Gasteiger partial charge is 0.134 e. The highest BCUT2D eigenvalue weighted by Crippen LogP contribution is 2.20. The molecule has 1 heterocycles. The lowest BCUT2D eigenvalue weighted by atomic mass is 10.2. The number of halogens is 1. The lowest BCUT2D eigenvalue weighted by molar-refractivity contribution is 0.788. The van der Waals surface area contributed by atoms with E-state index in [4.69, 9.17) is 5.26 Å². The maximum atomic E-state index is 9.00. The molecule has 92 valence electrons. The van der Waals surface area contributed by atoms with Gasteiger partial charge in [-0.25, -0.2) is 0 Å². The van der Waals surface area contributed by atoms with Gasteiger partial charge in [0.25, 0.3) is 0 Å². The van der Waals surface area contributed by atoms with E-state index in [1.54, 1.807) is 12.4 Å². The number of benzene rings is 1. The van der Waals surface area contributed by atoms with Crippen LogP contribution < -0.4 is 5.32 Å². The highest BCUT2D eigenvalue weighted by Gasteiger charge is 2.04. The number of hydrogen-bond acceptors (Lipinski definition) is 4. The number of anilines is 1. The molecule has 6 heteroatoms. The fourth-order valence-corrected chi connectivity index (χ4v) is 1.96. The first-order chi connectivity index (χ1) is 8.70. The zero-order valence-corrected chi connectivity index (χ0v) is 11.5. The van der Waals surface area contributed by atoms with Gasteiger partial charge in [-0.2, -0.15) is 5.26 Å². The van der Waals surface area contributed by atoms with Crippen molar-refractivity contribution < 1.29 is 0 Å². The second-order valence-corrected chi connectivity index (χ2v) is 4.75. The predicted octanol–water partition coefficient (Wildman–Crippen LogP) is 2.10. The molecule has 2 rings (SSSR count). The first-order valence-corrected chi connectivity index (χ1v) is 6.26. The largest absolute Gasteiger partial charge is 0.383 e. The average molecular weight is 306 g/mol. The van der Waals surface area contributed by atoms with Crippen molar-refractivity contribution in [2.45, 2.75) is 6.42 Å². The van der Waals surface area contributed by atoms with Crippen molar-refractivity contribution in [1.82, 2.24) is 14.8 Å². The van der Waals surface area contributed by atoms with Crippen LogP contribution in [0.15, 0.2) is 29.0 Å². The molecule has 0 saturated heterocycles. The van der Waals surface area contributed by atoms with Gasteiger partial charge in [-0.1, -0.05) is 15.9 Å². The van der Waals surface area contributed by atoms with Gasteiger partial charge in [0.1, 0.15) is 18.2 Å². The molecule has 0 aliphatic rings. The Morgan fingerprint density at radius 2 is 2.33 bits per heavy atom. The zero-order valence-electron chi connectivity index (χ0n) is 9.89. The minimum atomic E-state index is 0.635.